The van der Waals surface area contributed by atoms with Gasteiger partial charge in [-0.05, 0) is 82.0 Å². The Morgan fingerprint density at radius 2 is 1.55 bits per heavy atom. The Morgan fingerprint density at radius 3 is 2.27 bits per heavy atom. The third kappa shape index (κ3) is 8.63. The molecule has 64 heavy (non-hydrogen) atoms. The molecule has 5 atom stereocenters. The molecule has 1 fully saturated rings. The number of benzene rings is 4. The van der Waals surface area contributed by atoms with Crippen molar-refractivity contribution >= 4 is 40.6 Å². The van der Waals surface area contributed by atoms with E-state index in [2.05, 4.69) is 87.7 Å². The Balaban J connectivity index is 0.945. The number of amides is 4. The van der Waals surface area contributed by atoms with E-state index < -0.39 is 36.1 Å². The largest absolute Gasteiger partial charge is 0.453 e. The molecule has 3 aliphatic heterocycles. The van der Waals surface area contributed by atoms with Crippen molar-refractivity contribution in [3.8, 4) is 28.5 Å². The molecule has 1 aromatic heterocycles. The molecule has 0 aliphatic carbocycles. The Morgan fingerprint density at radius 1 is 0.859 bits per heavy atom. The first-order chi connectivity index (χ1) is 31.0. The van der Waals surface area contributed by atoms with Crippen molar-refractivity contribution in [2.45, 2.75) is 57.8 Å². The highest BCUT2D eigenvalue weighted by Crippen LogP contribution is 2.36. The van der Waals surface area contributed by atoms with Crippen molar-refractivity contribution in [1.29, 1.82) is 5.26 Å². The third-order valence-electron chi connectivity index (χ3n) is 12.4. The van der Waals surface area contributed by atoms with E-state index in [0.717, 1.165) is 57.1 Å². The highest BCUT2D eigenvalue weighted by atomic mass is 16.5. The van der Waals surface area contributed by atoms with Crippen LogP contribution in [0.2, 0.25) is 0 Å². The second-order valence-electron chi connectivity index (χ2n) is 16.7. The van der Waals surface area contributed by atoms with E-state index in [0.29, 0.717) is 36.0 Å². The number of rotatable bonds is 11. The number of H-pyrrole nitrogens is 1. The average molecular weight is 862 g/mol. The molecule has 4 aromatic carbocycles. The van der Waals surface area contributed by atoms with Crippen LogP contribution in [0, 0.1) is 23.2 Å². The van der Waals surface area contributed by atoms with Crippen LogP contribution in [0.15, 0.2) is 113 Å². The van der Waals surface area contributed by atoms with E-state index in [9.17, 15) is 24.4 Å². The van der Waals surface area contributed by atoms with E-state index in [1.54, 1.807) is 40.3 Å². The number of imidazole rings is 1. The maximum Gasteiger partial charge on any atom is 0.407 e. The van der Waals surface area contributed by atoms with Gasteiger partial charge < -0.3 is 40.2 Å². The summed E-state index contributed by atoms with van der Waals surface area (Å²) in [6, 6.07) is 30.2. The Hall–Kier alpha value is -7.47. The predicted molar refractivity (Wildman–Crippen MR) is 241 cm³/mol. The summed E-state index contributed by atoms with van der Waals surface area (Å²) in [4.78, 5) is 68.5. The topological polar surface area (TPSA) is 194 Å². The van der Waals surface area contributed by atoms with Crippen molar-refractivity contribution < 1.29 is 28.7 Å². The Kier molecular flexibility index (Phi) is 12.5. The third-order valence-corrected chi connectivity index (χ3v) is 12.4. The van der Waals surface area contributed by atoms with Gasteiger partial charge in [0.05, 0.1) is 62.4 Å². The number of aliphatic imine (C=N–C) groups is 1. The molecule has 4 amide bonds. The fourth-order valence-corrected chi connectivity index (χ4v) is 8.83. The van der Waals surface area contributed by atoms with Gasteiger partial charge in [0, 0.05) is 13.1 Å². The first-order valence-electron chi connectivity index (χ1n) is 21.4. The van der Waals surface area contributed by atoms with Crippen molar-refractivity contribution in [1.82, 2.24) is 35.7 Å². The summed E-state index contributed by atoms with van der Waals surface area (Å²) in [5.41, 5.74) is 6.85. The van der Waals surface area contributed by atoms with E-state index in [-0.39, 0.29) is 30.5 Å². The SMILES string of the molecule is COC(=O)NC(C(=O)N1CC(C#N)C(C)=C1C1=NCC(c2ccc3cc(-c4ccc(-c5cnc(C6CCCN6C(=O)C(NC(=O)OC)C(C)C)[nH]5)cc4)ccc3c2)N1)c1ccccc1. The van der Waals surface area contributed by atoms with Crippen molar-refractivity contribution in [3.63, 3.8) is 0 Å². The second-order valence-corrected chi connectivity index (χ2v) is 16.7. The van der Waals surface area contributed by atoms with Crippen LogP contribution in [-0.4, -0.2) is 89.5 Å². The Labute approximate surface area is 371 Å². The summed E-state index contributed by atoms with van der Waals surface area (Å²) >= 11 is 0. The molecular formula is C49H51N9O6. The number of alkyl carbamates (subject to hydrolysis) is 2. The van der Waals surface area contributed by atoms with Crippen LogP contribution in [0.4, 0.5) is 9.59 Å². The van der Waals surface area contributed by atoms with Crippen LogP contribution in [0.5, 0.6) is 0 Å². The number of ether oxygens (including phenoxy) is 2. The number of aromatic amines is 1. The van der Waals surface area contributed by atoms with Crippen LogP contribution in [0.1, 0.15) is 68.7 Å². The summed E-state index contributed by atoms with van der Waals surface area (Å²) in [6.07, 6.45) is 2.04. The normalized spacial score (nSPS) is 19.2. The van der Waals surface area contributed by atoms with Gasteiger partial charge in [-0.2, -0.15) is 5.26 Å². The zero-order chi connectivity index (χ0) is 45.1. The summed E-state index contributed by atoms with van der Waals surface area (Å²) in [7, 11) is 2.53. The molecule has 5 aromatic rings. The van der Waals surface area contributed by atoms with Gasteiger partial charge in [0.1, 0.15) is 23.7 Å². The number of fused-ring (bicyclic) bond motifs is 1. The van der Waals surface area contributed by atoms with Gasteiger partial charge in [-0.1, -0.05) is 92.7 Å². The number of nitrogens with zero attached hydrogens (tertiary/aromatic N) is 5. The van der Waals surface area contributed by atoms with Gasteiger partial charge in [0.2, 0.25) is 5.91 Å². The molecule has 0 bridgehead atoms. The number of nitriles is 1. The minimum Gasteiger partial charge on any atom is -0.453 e. The molecule has 4 heterocycles. The quantitative estimate of drug-likeness (QED) is 0.105. The van der Waals surface area contributed by atoms with Gasteiger partial charge in [-0.15, -0.1) is 0 Å². The molecular weight excluding hydrogens is 811 g/mol. The lowest BCUT2D eigenvalue weighted by Crippen LogP contribution is -2.51. The van der Waals surface area contributed by atoms with Crippen LogP contribution in [0.25, 0.3) is 33.2 Å². The minimum absolute atomic E-state index is 0.115. The lowest BCUT2D eigenvalue weighted by molar-refractivity contribution is -0.135. The van der Waals surface area contributed by atoms with Crippen molar-refractivity contribution in [3.05, 3.63) is 125 Å². The average Bonchev–Trinajstić information content (AvgIpc) is 4.16. The summed E-state index contributed by atoms with van der Waals surface area (Å²) in [5.74, 6) is 0.0604. The maximum atomic E-state index is 14.2. The van der Waals surface area contributed by atoms with Crippen LogP contribution in [-0.2, 0) is 19.1 Å². The molecule has 0 saturated carbocycles. The smallest absolute Gasteiger partial charge is 0.407 e. The van der Waals surface area contributed by atoms with Crippen molar-refractivity contribution in [2.75, 3.05) is 33.9 Å². The zero-order valence-corrected chi connectivity index (χ0v) is 36.4. The number of carbonyl (C=O) groups excluding carboxylic acids is 4. The monoisotopic (exact) mass is 861 g/mol. The molecule has 328 valence electrons. The zero-order valence-electron chi connectivity index (χ0n) is 36.4. The van der Waals surface area contributed by atoms with Crippen LogP contribution >= 0.6 is 0 Å². The van der Waals surface area contributed by atoms with Gasteiger partial charge >= 0.3 is 12.2 Å². The van der Waals surface area contributed by atoms with E-state index in [1.165, 1.54) is 14.2 Å². The number of carbonyl (C=O) groups is 4. The van der Waals surface area contributed by atoms with Gasteiger partial charge in [0.15, 0.2) is 0 Å². The van der Waals surface area contributed by atoms with Gasteiger partial charge in [0.25, 0.3) is 5.91 Å². The highest BCUT2D eigenvalue weighted by Gasteiger charge is 2.41. The number of likely N-dealkylation sites (tertiary alicyclic amines) is 1. The van der Waals surface area contributed by atoms with Gasteiger partial charge in [-0.3, -0.25) is 14.6 Å². The molecule has 0 spiro atoms. The molecule has 1 saturated heterocycles. The van der Waals surface area contributed by atoms with Crippen LogP contribution < -0.4 is 16.0 Å². The summed E-state index contributed by atoms with van der Waals surface area (Å²) in [5, 5.41) is 21.1. The molecule has 15 nitrogen and oxygen atoms in total. The first-order valence-corrected chi connectivity index (χ1v) is 21.4. The van der Waals surface area contributed by atoms with Gasteiger partial charge in [-0.25, -0.2) is 14.6 Å². The molecule has 8 rings (SSSR count). The number of aromatic nitrogens is 2. The molecule has 3 aliphatic rings. The number of nitrogens with one attached hydrogen (secondary N) is 4. The lowest BCUT2D eigenvalue weighted by Gasteiger charge is -2.30. The molecule has 4 N–H and O–H groups in total. The summed E-state index contributed by atoms with van der Waals surface area (Å²) in [6.45, 7) is 6.80. The van der Waals surface area contributed by atoms with Crippen molar-refractivity contribution in [2.24, 2.45) is 16.8 Å². The van der Waals surface area contributed by atoms with E-state index in [1.807, 2.05) is 26.8 Å². The molecule has 5 unspecified atom stereocenters. The predicted octanol–water partition coefficient (Wildman–Crippen LogP) is 7.34. The maximum absolute atomic E-state index is 14.2. The standard InChI is InChI=1S/C49H51N9O6/c1-28(2)41(55-48(61)63-4)46(59)57-21-9-12-40(57)44-51-25-38(53-44)31-15-13-30(14-16-31)33-17-18-35-23-36(20-19-34(35)22-33)39-26-52-45(54-39)43-29(3)37(24-50)27-58(43)47(60)42(56-49(62)64-5)32-10-7-6-8-11-32/h6-8,10-11,13-20,22-23,25,28,37,39-42H,9,12,21,26-27H2,1-5H3,(H,51,53)(H,52,54)(H,55,61)(H,56,62). The fraction of sp³-hybridized carbons (Fsp3) is 0.327. The number of hydrogen-bond acceptors (Lipinski definition) is 10. The minimum atomic E-state index is -1.03. The van der Waals surface area contributed by atoms with Crippen LogP contribution in [0.3, 0.4) is 0 Å². The first kappa shape index (κ1) is 43.2. The molecule has 0 radical (unpaired) electrons. The highest BCUT2D eigenvalue weighted by molar-refractivity contribution is 6.05. The molecule has 15 heteroatoms. The number of methoxy groups -OCH3 is 2. The lowest BCUT2D eigenvalue weighted by atomic mass is 9.97. The summed E-state index contributed by atoms with van der Waals surface area (Å²) < 4.78 is 9.61. The number of amidine groups is 1. The Bertz CT molecular complexity index is 2690. The van der Waals surface area contributed by atoms with E-state index >= 15 is 0 Å². The fourth-order valence-electron chi connectivity index (χ4n) is 8.83. The second kappa shape index (κ2) is 18.5. The number of hydrogen-bond donors (Lipinski definition) is 4. The van der Waals surface area contributed by atoms with E-state index in [4.69, 9.17) is 19.5 Å².